The molecule has 0 unspecified atom stereocenters. The molecule has 1 atom stereocenters. The summed E-state index contributed by atoms with van der Waals surface area (Å²) in [6.45, 7) is 7.86. The van der Waals surface area contributed by atoms with Crippen LogP contribution in [0.25, 0.3) is 0 Å². The Bertz CT molecular complexity index is 396. The third kappa shape index (κ3) is 4.37. The topological polar surface area (TPSA) is 87.4 Å². The minimum atomic E-state index is -0.357. The van der Waals surface area contributed by atoms with Crippen molar-refractivity contribution in [1.82, 2.24) is 10.5 Å². The van der Waals surface area contributed by atoms with Crippen molar-refractivity contribution in [2.75, 3.05) is 11.9 Å². The molecule has 1 heterocycles. The van der Waals surface area contributed by atoms with Gasteiger partial charge in [-0.25, -0.2) is 4.79 Å². The summed E-state index contributed by atoms with van der Waals surface area (Å²) >= 11 is 0. The standard InChI is InChI=1S/C12H21N3O3/c1-8(5-6-16)13-11(17)14-10-7-9(18-15-10)12(2,3)4/h7-8,16H,5-6H2,1-4H3,(H2,13,14,15,17)/t8-/m1/s1. The average molecular weight is 255 g/mol. The van der Waals surface area contributed by atoms with Crippen LogP contribution in [0.1, 0.15) is 39.9 Å². The van der Waals surface area contributed by atoms with Crippen molar-refractivity contribution in [3.8, 4) is 0 Å². The van der Waals surface area contributed by atoms with Crippen LogP contribution in [0.3, 0.4) is 0 Å². The van der Waals surface area contributed by atoms with Crippen molar-refractivity contribution < 1.29 is 14.4 Å². The minimum Gasteiger partial charge on any atom is -0.396 e. The van der Waals surface area contributed by atoms with Crippen LogP contribution in [0, 0.1) is 0 Å². The van der Waals surface area contributed by atoms with Crippen LogP contribution < -0.4 is 10.6 Å². The number of urea groups is 1. The van der Waals surface area contributed by atoms with Gasteiger partial charge in [-0.15, -0.1) is 0 Å². The zero-order valence-corrected chi connectivity index (χ0v) is 11.3. The van der Waals surface area contributed by atoms with Gasteiger partial charge in [-0.1, -0.05) is 25.9 Å². The van der Waals surface area contributed by atoms with E-state index >= 15 is 0 Å². The molecular weight excluding hydrogens is 234 g/mol. The number of aromatic nitrogens is 1. The lowest BCUT2D eigenvalue weighted by Crippen LogP contribution is -2.36. The Morgan fingerprint density at radius 2 is 2.22 bits per heavy atom. The molecule has 0 fully saturated rings. The Hall–Kier alpha value is -1.56. The van der Waals surface area contributed by atoms with Gasteiger partial charge in [-0.05, 0) is 13.3 Å². The molecular formula is C12H21N3O3. The summed E-state index contributed by atoms with van der Waals surface area (Å²) in [5, 5.41) is 17.8. The lowest BCUT2D eigenvalue weighted by molar-refractivity contribution is 0.241. The summed E-state index contributed by atoms with van der Waals surface area (Å²) in [5.41, 5.74) is -0.145. The molecule has 0 aliphatic rings. The Labute approximate surface area is 107 Å². The van der Waals surface area contributed by atoms with Crippen LogP contribution in [0.5, 0.6) is 0 Å². The van der Waals surface area contributed by atoms with Gasteiger partial charge in [-0.2, -0.15) is 0 Å². The fourth-order valence-electron chi connectivity index (χ4n) is 1.33. The molecule has 2 amide bonds. The van der Waals surface area contributed by atoms with E-state index in [1.165, 1.54) is 0 Å². The quantitative estimate of drug-likeness (QED) is 0.766. The second-order valence-electron chi connectivity index (χ2n) is 5.34. The van der Waals surface area contributed by atoms with E-state index in [9.17, 15) is 4.79 Å². The largest absolute Gasteiger partial charge is 0.396 e. The van der Waals surface area contributed by atoms with Gasteiger partial charge < -0.3 is 14.9 Å². The molecule has 1 aromatic rings. The van der Waals surface area contributed by atoms with Crippen LogP contribution in [0.2, 0.25) is 0 Å². The van der Waals surface area contributed by atoms with Crippen LogP contribution in [-0.2, 0) is 5.41 Å². The van der Waals surface area contributed by atoms with E-state index in [-0.39, 0.29) is 24.1 Å². The van der Waals surface area contributed by atoms with E-state index in [1.807, 2.05) is 27.7 Å². The molecule has 0 spiro atoms. The molecule has 102 valence electrons. The zero-order chi connectivity index (χ0) is 13.8. The molecule has 6 heteroatoms. The fraction of sp³-hybridized carbons (Fsp3) is 0.667. The van der Waals surface area contributed by atoms with Gasteiger partial charge in [0.1, 0.15) is 5.76 Å². The van der Waals surface area contributed by atoms with Crippen LogP contribution in [-0.4, -0.2) is 28.9 Å². The number of anilines is 1. The molecule has 6 nitrogen and oxygen atoms in total. The van der Waals surface area contributed by atoms with Crippen LogP contribution in [0.4, 0.5) is 10.6 Å². The molecule has 1 rings (SSSR count). The summed E-state index contributed by atoms with van der Waals surface area (Å²) in [6, 6.07) is 1.25. The first-order valence-corrected chi connectivity index (χ1v) is 5.98. The molecule has 0 bridgehead atoms. The van der Waals surface area contributed by atoms with E-state index in [2.05, 4.69) is 15.8 Å². The second-order valence-corrected chi connectivity index (χ2v) is 5.34. The van der Waals surface area contributed by atoms with E-state index < -0.39 is 0 Å². The summed E-state index contributed by atoms with van der Waals surface area (Å²) in [5.74, 6) is 1.09. The van der Waals surface area contributed by atoms with Crippen molar-refractivity contribution in [1.29, 1.82) is 0 Å². The lowest BCUT2D eigenvalue weighted by atomic mass is 9.93. The van der Waals surface area contributed by atoms with E-state index in [1.54, 1.807) is 6.07 Å². The number of aliphatic hydroxyl groups is 1. The number of aliphatic hydroxyl groups excluding tert-OH is 1. The van der Waals surface area contributed by atoms with E-state index in [0.29, 0.717) is 18.0 Å². The smallest absolute Gasteiger partial charge is 0.320 e. The lowest BCUT2D eigenvalue weighted by Gasteiger charge is -2.12. The average Bonchev–Trinajstić information content (AvgIpc) is 2.65. The minimum absolute atomic E-state index is 0.0412. The molecule has 0 aliphatic carbocycles. The SMILES string of the molecule is C[C@H](CCO)NC(=O)Nc1cc(C(C)(C)C)on1. The van der Waals surface area contributed by atoms with Gasteiger partial charge in [0.15, 0.2) is 5.82 Å². The highest BCUT2D eigenvalue weighted by Crippen LogP contribution is 2.24. The van der Waals surface area contributed by atoms with Crippen molar-refractivity contribution in [3.05, 3.63) is 11.8 Å². The van der Waals surface area contributed by atoms with Gasteiger partial charge in [0.2, 0.25) is 0 Å². The Morgan fingerprint density at radius 1 is 1.56 bits per heavy atom. The van der Waals surface area contributed by atoms with E-state index in [0.717, 1.165) is 0 Å². The van der Waals surface area contributed by atoms with Crippen LogP contribution in [0.15, 0.2) is 10.6 Å². The highest BCUT2D eigenvalue weighted by Gasteiger charge is 2.20. The first-order chi connectivity index (χ1) is 8.32. The Balaban J connectivity index is 2.52. The summed E-state index contributed by atoms with van der Waals surface area (Å²) in [6.07, 6.45) is 0.513. The molecule has 0 aromatic carbocycles. The first-order valence-electron chi connectivity index (χ1n) is 5.98. The normalized spacial score (nSPS) is 13.2. The Morgan fingerprint density at radius 3 is 2.72 bits per heavy atom. The molecule has 3 N–H and O–H groups in total. The van der Waals surface area contributed by atoms with Gasteiger partial charge in [-0.3, -0.25) is 5.32 Å². The fourth-order valence-corrected chi connectivity index (χ4v) is 1.33. The maximum Gasteiger partial charge on any atom is 0.320 e. The maximum absolute atomic E-state index is 11.6. The second kappa shape index (κ2) is 5.86. The number of nitrogens with one attached hydrogen (secondary N) is 2. The molecule has 0 aliphatic heterocycles. The van der Waals surface area contributed by atoms with Crippen molar-refractivity contribution in [2.24, 2.45) is 0 Å². The van der Waals surface area contributed by atoms with Gasteiger partial charge >= 0.3 is 6.03 Å². The van der Waals surface area contributed by atoms with Gasteiger partial charge in [0.05, 0.1) is 0 Å². The number of amides is 2. The first kappa shape index (κ1) is 14.5. The number of carbonyl (C=O) groups excluding carboxylic acids is 1. The highest BCUT2D eigenvalue weighted by atomic mass is 16.5. The molecule has 1 aromatic heterocycles. The van der Waals surface area contributed by atoms with Crippen molar-refractivity contribution in [3.63, 3.8) is 0 Å². The summed E-state index contributed by atoms with van der Waals surface area (Å²) in [7, 11) is 0. The predicted octanol–water partition coefficient (Wildman–Crippen LogP) is 1.86. The third-order valence-corrected chi connectivity index (χ3v) is 2.43. The maximum atomic E-state index is 11.6. The van der Waals surface area contributed by atoms with Gasteiger partial charge in [0, 0.05) is 24.1 Å². The molecule has 0 saturated carbocycles. The number of carbonyl (C=O) groups is 1. The van der Waals surface area contributed by atoms with Crippen LogP contribution >= 0.6 is 0 Å². The summed E-state index contributed by atoms with van der Waals surface area (Å²) < 4.78 is 5.15. The number of hydrogen-bond donors (Lipinski definition) is 3. The molecule has 0 saturated heterocycles. The highest BCUT2D eigenvalue weighted by molar-refractivity contribution is 5.88. The van der Waals surface area contributed by atoms with Gasteiger partial charge in [0.25, 0.3) is 0 Å². The third-order valence-electron chi connectivity index (χ3n) is 2.43. The van der Waals surface area contributed by atoms with E-state index in [4.69, 9.17) is 9.63 Å². The predicted molar refractivity (Wildman–Crippen MR) is 68.5 cm³/mol. The zero-order valence-electron chi connectivity index (χ0n) is 11.3. The van der Waals surface area contributed by atoms with Crippen molar-refractivity contribution >= 4 is 11.8 Å². The summed E-state index contributed by atoms with van der Waals surface area (Å²) in [4.78, 5) is 11.6. The number of nitrogens with zero attached hydrogens (tertiary/aromatic N) is 1. The number of hydrogen-bond acceptors (Lipinski definition) is 4. The molecule has 0 radical (unpaired) electrons. The van der Waals surface area contributed by atoms with Crippen molar-refractivity contribution in [2.45, 2.75) is 45.6 Å². The Kier molecular flexibility index (Phi) is 4.72. The number of rotatable bonds is 4. The molecule has 18 heavy (non-hydrogen) atoms. The monoisotopic (exact) mass is 255 g/mol.